The number of rotatable bonds is 5. The van der Waals surface area contributed by atoms with Gasteiger partial charge >= 0.3 is 0 Å². The van der Waals surface area contributed by atoms with Crippen molar-refractivity contribution >= 4 is 5.84 Å². The SMILES string of the molecule is COc1ccc(COC2CCCC2)cc1C(N)=NO. The third-order valence-electron chi connectivity index (χ3n) is 3.44. The maximum atomic E-state index is 8.78. The van der Waals surface area contributed by atoms with Crippen LogP contribution in [-0.4, -0.2) is 24.3 Å². The number of amidine groups is 1. The molecule has 5 nitrogen and oxygen atoms in total. The van der Waals surface area contributed by atoms with Gasteiger partial charge in [0, 0.05) is 0 Å². The lowest BCUT2D eigenvalue weighted by Crippen LogP contribution is -2.15. The second-order valence-electron chi connectivity index (χ2n) is 4.74. The Labute approximate surface area is 113 Å². The van der Waals surface area contributed by atoms with Crippen molar-refractivity contribution in [3.63, 3.8) is 0 Å². The van der Waals surface area contributed by atoms with Crippen molar-refractivity contribution in [2.24, 2.45) is 10.9 Å². The van der Waals surface area contributed by atoms with Gasteiger partial charge in [-0.15, -0.1) is 0 Å². The van der Waals surface area contributed by atoms with Crippen LogP contribution in [-0.2, 0) is 11.3 Å². The van der Waals surface area contributed by atoms with Crippen LogP contribution in [0.4, 0.5) is 0 Å². The summed E-state index contributed by atoms with van der Waals surface area (Å²) in [6.07, 6.45) is 5.16. The number of hydrogen-bond acceptors (Lipinski definition) is 4. The standard InChI is InChI=1S/C14H20N2O3/c1-18-13-7-6-10(8-12(13)14(15)16-17)9-19-11-4-2-3-5-11/h6-8,11,17H,2-5,9H2,1H3,(H2,15,16). The first kappa shape index (κ1) is 13.7. The molecule has 104 valence electrons. The van der Waals surface area contributed by atoms with Crippen molar-refractivity contribution in [3.05, 3.63) is 29.3 Å². The summed E-state index contributed by atoms with van der Waals surface area (Å²) >= 11 is 0. The highest BCUT2D eigenvalue weighted by Gasteiger charge is 2.16. The molecule has 1 aromatic carbocycles. The molecule has 19 heavy (non-hydrogen) atoms. The van der Waals surface area contributed by atoms with Gasteiger partial charge in [0.2, 0.25) is 0 Å². The van der Waals surface area contributed by atoms with Crippen LogP contribution in [0, 0.1) is 0 Å². The van der Waals surface area contributed by atoms with Gasteiger partial charge in [-0.3, -0.25) is 0 Å². The van der Waals surface area contributed by atoms with Crippen molar-refractivity contribution in [2.45, 2.75) is 38.4 Å². The molecule has 1 saturated carbocycles. The fourth-order valence-electron chi connectivity index (χ4n) is 2.37. The first-order chi connectivity index (χ1) is 9.24. The van der Waals surface area contributed by atoms with Crippen molar-refractivity contribution in [1.29, 1.82) is 0 Å². The molecule has 2 rings (SSSR count). The van der Waals surface area contributed by atoms with Crippen molar-refractivity contribution in [1.82, 2.24) is 0 Å². The number of ether oxygens (including phenoxy) is 2. The number of oxime groups is 1. The van der Waals surface area contributed by atoms with E-state index in [4.69, 9.17) is 20.4 Å². The molecule has 5 heteroatoms. The monoisotopic (exact) mass is 264 g/mol. The highest BCUT2D eigenvalue weighted by molar-refractivity contribution is 5.99. The Balaban J connectivity index is 2.08. The van der Waals surface area contributed by atoms with E-state index in [1.807, 2.05) is 12.1 Å². The lowest BCUT2D eigenvalue weighted by Gasteiger charge is -2.13. The summed E-state index contributed by atoms with van der Waals surface area (Å²) < 4.78 is 11.0. The molecule has 0 bridgehead atoms. The van der Waals surface area contributed by atoms with Gasteiger partial charge in [-0.2, -0.15) is 0 Å². The zero-order chi connectivity index (χ0) is 13.7. The minimum atomic E-state index is 0.0413. The van der Waals surface area contributed by atoms with Crippen LogP contribution in [0.1, 0.15) is 36.8 Å². The van der Waals surface area contributed by atoms with E-state index in [1.54, 1.807) is 13.2 Å². The molecule has 0 spiro atoms. The Hall–Kier alpha value is -1.75. The third-order valence-corrected chi connectivity index (χ3v) is 3.44. The van der Waals surface area contributed by atoms with Gasteiger partial charge in [0.25, 0.3) is 0 Å². The molecule has 0 atom stereocenters. The van der Waals surface area contributed by atoms with Gasteiger partial charge in [-0.1, -0.05) is 24.1 Å². The maximum Gasteiger partial charge on any atom is 0.173 e. The highest BCUT2D eigenvalue weighted by atomic mass is 16.5. The Morgan fingerprint density at radius 2 is 2.16 bits per heavy atom. The topological polar surface area (TPSA) is 77.1 Å². The predicted molar refractivity (Wildman–Crippen MR) is 72.5 cm³/mol. The lowest BCUT2D eigenvalue weighted by atomic mass is 10.1. The highest BCUT2D eigenvalue weighted by Crippen LogP contribution is 2.24. The first-order valence-electron chi connectivity index (χ1n) is 6.51. The fourth-order valence-corrected chi connectivity index (χ4v) is 2.37. The molecular formula is C14H20N2O3. The number of nitrogens with zero attached hydrogens (tertiary/aromatic N) is 1. The van der Waals surface area contributed by atoms with Crippen LogP contribution in [0.2, 0.25) is 0 Å². The van der Waals surface area contributed by atoms with Gasteiger partial charge in [0.1, 0.15) is 5.75 Å². The van der Waals surface area contributed by atoms with E-state index in [0.29, 0.717) is 24.0 Å². The predicted octanol–water partition coefficient (Wildman–Crippen LogP) is 2.25. The number of nitrogens with two attached hydrogens (primary N) is 1. The van der Waals surface area contributed by atoms with E-state index in [0.717, 1.165) is 18.4 Å². The summed E-state index contributed by atoms with van der Waals surface area (Å²) in [5, 5.41) is 11.8. The molecule has 0 radical (unpaired) electrons. The van der Waals surface area contributed by atoms with Gasteiger partial charge in [-0.05, 0) is 30.5 Å². The molecule has 0 unspecified atom stereocenters. The molecule has 0 heterocycles. The minimum absolute atomic E-state index is 0.0413. The molecule has 1 aliphatic carbocycles. The molecule has 0 saturated heterocycles. The molecule has 1 fully saturated rings. The quantitative estimate of drug-likeness (QED) is 0.370. The van der Waals surface area contributed by atoms with Crippen molar-refractivity contribution in [3.8, 4) is 5.75 Å². The Bertz CT molecular complexity index is 454. The van der Waals surface area contributed by atoms with E-state index in [1.165, 1.54) is 12.8 Å². The third kappa shape index (κ3) is 3.38. The molecule has 3 N–H and O–H groups in total. The van der Waals surface area contributed by atoms with Crippen LogP contribution < -0.4 is 10.5 Å². The van der Waals surface area contributed by atoms with Crippen LogP contribution in [0.15, 0.2) is 23.4 Å². The van der Waals surface area contributed by atoms with E-state index in [2.05, 4.69) is 5.16 Å². The largest absolute Gasteiger partial charge is 0.496 e. The molecule has 1 aliphatic rings. The second-order valence-corrected chi connectivity index (χ2v) is 4.74. The van der Waals surface area contributed by atoms with Crippen LogP contribution in [0.25, 0.3) is 0 Å². The summed E-state index contributed by atoms with van der Waals surface area (Å²) in [5.74, 6) is 0.625. The first-order valence-corrected chi connectivity index (χ1v) is 6.51. The number of methoxy groups -OCH3 is 1. The molecule has 0 aliphatic heterocycles. The Kier molecular flexibility index (Phi) is 4.63. The van der Waals surface area contributed by atoms with Crippen LogP contribution >= 0.6 is 0 Å². The summed E-state index contributed by atoms with van der Waals surface area (Å²) in [4.78, 5) is 0. The second kappa shape index (κ2) is 6.43. The molecule has 0 amide bonds. The Morgan fingerprint density at radius 1 is 1.42 bits per heavy atom. The summed E-state index contributed by atoms with van der Waals surface area (Å²) in [5.41, 5.74) is 7.21. The fraction of sp³-hybridized carbons (Fsp3) is 0.500. The van der Waals surface area contributed by atoms with E-state index >= 15 is 0 Å². The average molecular weight is 264 g/mol. The van der Waals surface area contributed by atoms with E-state index < -0.39 is 0 Å². The van der Waals surface area contributed by atoms with Gasteiger partial charge < -0.3 is 20.4 Å². The normalized spacial score (nSPS) is 16.8. The zero-order valence-electron chi connectivity index (χ0n) is 11.1. The number of hydrogen-bond donors (Lipinski definition) is 2. The summed E-state index contributed by atoms with van der Waals surface area (Å²) in [7, 11) is 1.55. The van der Waals surface area contributed by atoms with Crippen LogP contribution in [0.5, 0.6) is 5.75 Å². The Morgan fingerprint density at radius 3 is 2.79 bits per heavy atom. The smallest absolute Gasteiger partial charge is 0.173 e. The average Bonchev–Trinajstić information content (AvgIpc) is 2.97. The summed E-state index contributed by atoms with van der Waals surface area (Å²) in [6.45, 7) is 0.542. The molecular weight excluding hydrogens is 244 g/mol. The maximum absolute atomic E-state index is 8.78. The number of benzene rings is 1. The summed E-state index contributed by atoms with van der Waals surface area (Å²) in [6, 6.07) is 5.57. The minimum Gasteiger partial charge on any atom is -0.496 e. The van der Waals surface area contributed by atoms with Gasteiger partial charge in [0.15, 0.2) is 5.84 Å². The van der Waals surface area contributed by atoms with Crippen molar-refractivity contribution < 1.29 is 14.7 Å². The molecule has 0 aromatic heterocycles. The lowest BCUT2D eigenvalue weighted by molar-refractivity contribution is 0.0457. The van der Waals surface area contributed by atoms with Crippen LogP contribution in [0.3, 0.4) is 0 Å². The van der Waals surface area contributed by atoms with Crippen molar-refractivity contribution in [2.75, 3.05) is 7.11 Å². The molecule has 1 aromatic rings. The van der Waals surface area contributed by atoms with E-state index in [-0.39, 0.29) is 5.84 Å². The van der Waals surface area contributed by atoms with E-state index in [9.17, 15) is 0 Å². The van der Waals surface area contributed by atoms with Gasteiger partial charge in [0.05, 0.1) is 25.4 Å². The zero-order valence-corrected chi connectivity index (χ0v) is 11.1. The van der Waals surface area contributed by atoms with Gasteiger partial charge in [-0.25, -0.2) is 0 Å².